The van der Waals surface area contributed by atoms with Gasteiger partial charge in [-0.1, -0.05) is 0 Å². The van der Waals surface area contributed by atoms with Crippen molar-refractivity contribution < 1.29 is 0 Å². The van der Waals surface area contributed by atoms with Crippen molar-refractivity contribution in [3.8, 4) is 0 Å². The summed E-state index contributed by atoms with van der Waals surface area (Å²) in [6.45, 7) is 11.0. The van der Waals surface area contributed by atoms with Crippen LogP contribution < -0.4 is 4.90 Å². The average Bonchev–Trinajstić information content (AvgIpc) is 2.88. The molecule has 136 valence electrons. The summed E-state index contributed by atoms with van der Waals surface area (Å²) >= 11 is 0. The average molecular weight is 351 g/mol. The summed E-state index contributed by atoms with van der Waals surface area (Å²) in [4.78, 5) is 18.4. The molecular formula is C19H25N7. The Morgan fingerprint density at radius 3 is 2.50 bits per heavy atom. The minimum Gasteiger partial charge on any atom is -0.354 e. The summed E-state index contributed by atoms with van der Waals surface area (Å²) in [5.74, 6) is 1.89. The van der Waals surface area contributed by atoms with E-state index in [2.05, 4.69) is 42.0 Å². The zero-order valence-corrected chi connectivity index (χ0v) is 15.9. The molecule has 1 aliphatic rings. The van der Waals surface area contributed by atoms with Gasteiger partial charge in [-0.05, 0) is 32.4 Å². The van der Waals surface area contributed by atoms with Gasteiger partial charge >= 0.3 is 0 Å². The molecule has 4 rings (SSSR count). The van der Waals surface area contributed by atoms with Gasteiger partial charge in [0.15, 0.2) is 5.65 Å². The van der Waals surface area contributed by atoms with E-state index in [1.807, 2.05) is 38.7 Å². The first-order valence-electron chi connectivity index (χ1n) is 9.07. The third-order valence-corrected chi connectivity index (χ3v) is 4.97. The fraction of sp³-hybridized carbons (Fsp3) is 0.474. The smallest absolute Gasteiger partial charge is 0.157 e. The van der Waals surface area contributed by atoms with Crippen LogP contribution in [0.15, 0.2) is 18.3 Å². The number of anilines is 1. The van der Waals surface area contributed by atoms with Crippen LogP contribution in [-0.2, 0) is 13.6 Å². The number of rotatable bonds is 3. The molecule has 1 fully saturated rings. The summed E-state index contributed by atoms with van der Waals surface area (Å²) in [6.07, 6.45) is 1.98. The predicted octanol–water partition coefficient (Wildman–Crippen LogP) is 2.01. The van der Waals surface area contributed by atoms with Gasteiger partial charge in [-0.3, -0.25) is 9.58 Å². The van der Waals surface area contributed by atoms with E-state index in [1.165, 1.54) is 5.56 Å². The number of pyridine rings is 1. The number of aromatic nitrogens is 5. The van der Waals surface area contributed by atoms with E-state index in [0.29, 0.717) is 0 Å². The van der Waals surface area contributed by atoms with E-state index < -0.39 is 0 Å². The maximum absolute atomic E-state index is 4.60. The highest BCUT2D eigenvalue weighted by Gasteiger charge is 2.19. The monoisotopic (exact) mass is 351 g/mol. The highest BCUT2D eigenvalue weighted by molar-refractivity contribution is 5.78. The molecule has 0 aliphatic carbocycles. The molecule has 0 radical (unpaired) electrons. The molecule has 3 aromatic rings. The van der Waals surface area contributed by atoms with Crippen molar-refractivity contribution in [1.29, 1.82) is 0 Å². The third-order valence-electron chi connectivity index (χ3n) is 4.97. The molecule has 0 atom stereocenters. The van der Waals surface area contributed by atoms with Crippen molar-refractivity contribution >= 4 is 16.9 Å². The van der Waals surface area contributed by atoms with E-state index in [0.717, 1.165) is 66.8 Å². The Labute approximate surface area is 153 Å². The van der Waals surface area contributed by atoms with Crippen LogP contribution in [0, 0.1) is 20.8 Å². The molecule has 4 heterocycles. The lowest BCUT2D eigenvalue weighted by molar-refractivity contribution is 0.249. The van der Waals surface area contributed by atoms with Gasteiger partial charge in [0.1, 0.15) is 11.6 Å². The fourth-order valence-corrected chi connectivity index (χ4v) is 3.69. The van der Waals surface area contributed by atoms with Gasteiger partial charge in [0, 0.05) is 63.1 Å². The zero-order valence-electron chi connectivity index (χ0n) is 15.9. The van der Waals surface area contributed by atoms with Gasteiger partial charge in [0.25, 0.3) is 0 Å². The SMILES string of the molecule is Cc1cc(N2CCN(Cc3cnc4c(c3)c(C)nn4C)CC2)nc(C)n1. The Morgan fingerprint density at radius 2 is 1.77 bits per heavy atom. The maximum atomic E-state index is 4.60. The molecule has 1 aliphatic heterocycles. The summed E-state index contributed by atoms with van der Waals surface area (Å²) in [7, 11) is 1.94. The summed E-state index contributed by atoms with van der Waals surface area (Å²) in [5, 5.41) is 5.61. The first kappa shape index (κ1) is 16.9. The Bertz CT molecular complexity index is 918. The van der Waals surface area contributed by atoms with Crippen LogP contribution in [0.3, 0.4) is 0 Å². The maximum Gasteiger partial charge on any atom is 0.157 e. The summed E-state index contributed by atoms with van der Waals surface area (Å²) in [6, 6.07) is 4.31. The second-order valence-corrected chi connectivity index (χ2v) is 7.10. The Morgan fingerprint density at radius 1 is 1.00 bits per heavy atom. The number of hydrogen-bond donors (Lipinski definition) is 0. The zero-order chi connectivity index (χ0) is 18.3. The highest BCUT2D eigenvalue weighted by Crippen LogP contribution is 2.19. The molecule has 7 heteroatoms. The van der Waals surface area contributed by atoms with Crippen LogP contribution in [0.1, 0.15) is 22.8 Å². The molecule has 0 saturated carbocycles. The highest BCUT2D eigenvalue weighted by atomic mass is 15.3. The van der Waals surface area contributed by atoms with Crippen LogP contribution in [0.25, 0.3) is 11.0 Å². The second kappa shape index (κ2) is 6.64. The largest absolute Gasteiger partial charge is 0.354 e. The van der Waals surface area contributed by atoms with Crippen molar-refractivity contribution in [2.45, 2.75) is 27.3 Å². The Balaban J connectivity index is 1.43. The van der Waals surface area contributed by atoms with E-state index >= 15 is 0 Å². The van der Waals surface area contributed by atoms with Crippen molar-refractivity contribution in [2.24, 2.45) is 7.05 Å². The van der Waals surface area contributed by atoms with Gasteiger partial charge in [-0.2, -0.15) is 5.10 Å². The number of nitrogens with zero attached hydrogens (tertiary/aromatic N) is 7. The van der Waals surface area contributed by atoms with Crippen LogP contribution >= 0.6 is 0 Å². The van der Waals surface area contributed by atoms with Gasteiger partial charge in [-0.25, -0.2) is 15.0 Å². The Kier molecular flexibility index (Phi) is 4.32. The van der Waals surface area contributed by atoms with Gasteiger partial charge in [0.05, 0.1) is 5.69 Å². The minimum absolute atomic E-state index is 0.841. The lowest BCUT2D eigenvalue weighted by Gasteiger charge is -2.35. The molecule has 0 spiro atoms. The van der Waals surface area contributed by atoms with Crippen molar-refractivity contribution in [2.75, 3.05) is 31.1 Å². The predicted molar refractivity (Wildman–Crippen MR) is 102 cm³/mol. The van der Waals surface area contributed by atoms with E-state index in [-0.39, 0.29) is 0 Å². The molecule has 0 N–H and O–H groups in total. The lowest BCUT2D eigenvalue weighted by Crippen LogP contribution is -2.46. The molecular weight excluding hydrogens is 326 g/mol. The Hall–Kier alpha value is -2.54. The second-order valence-electron chi connectivity index (χ2n) is 7.10. The van der Waals surface area contributed by atoms with Gasteiger partial charge in [-0.15, -0.1) is 0 Å². The summed E-state index contributed by atoms with van der Waals surface area (Å²) in [5.41, 5.74) is 4.26. The molecule has 0 aromatic carbocycles. The van der Waals surface area contributed by atoms with Crippen molar-refractivity contribution in [1.82, 2.24) is 29.6 Å². The van der Waals surface area contributed by atoms with Gasteiger partial charge in [0.2, 0.25) is 0 Å². The molecule has 26 heavy (non-hydrogen) atoms. The molecule has 0 amide bonds. The molecule has 0 bridgehead atoms. The molecule has 1 saturated heterocycles. The van der Waals surface area contributed by atoms with E-state index in [9.17, 15) is 0 Å². The molecule has 3 aromatic heterocycles. The van der Waals surface area contributed by atoms with Gasteiger partial charge < -0.3 is 4.90 Å². The van der Waals surface area contributed by atoms with Crippen LogP contribution in [-0.4, -0.2) is 55.8 Å². The number of aryl methyl sites for hydroxylation is 4. The minimum atomic E-state index is 0.841. The number of hydrogen-bond acceptors (Lipinski definition) is 6. The van der Waals surface area contributed by atoms with E-state index in [1.54, 1.807) is 0 Å². The third kappa shape index (κ3) is 3.26. The number of fused-ring (bicyclic) bond motifs is 1. The first-order chi connectivity index (χ1) is 12.5. The fourth-order valence-electron chi connectivity index (χ4n) is 3.69. The topological polar surface area (TPSA) is 63.0 Å². The van der Waals surface area contributed by atoms with E-state index in [4.69, 9.17) is 0 Å². The standard InChI is InChI=1S/C19H25N7/c1-13-9-18(22-15(3)21-13)26-7-5-25(6-8-26)12-16-10-17-14(2)23-24(4)19(17)20-11-16/h9-11H,5-8,12H2,1-4H3. The van der Waals surface area contributed by atoms with Crippen molar-refractivity contribution in [3.05, 3.63) is 41.1 Å². The summed E-state index contributed by atoms with van der Waals surface area (Å²) < 4.78 is 1.85. The van der Waals surface area contributed by atoms with Crippen LogP contribution in [0.4, 0.5) is 5.82 Å². The van der Waals surface area contributed by atoms with Crippen molar-refractivity contribution in [3.63, 3.8) is 0 Å². The van der Waals surface area contributed by atoms with Crippen LogP contribution in [0.5, 0.6) is 0 Å². The quantitative estimate of drug-likeness (QED) is 0.719. The molecule has 7 nitrogen and oxygen atoms in total. The van der Waals surface area contributed by atoms with Crippen LogP contribution in [0.2, 0.25) is 0 Å². The number of piperazine rings is 1. The first-order valence-corrected chi connectivity index (χ1v) is 9.07. The molecule has 0 unspecified atom stereocenters. The normalized spacial score (nSPS) is 15.8. The lowest BCUT2D eigenvalue weighted by atomic mass is 10.2.